The fourth-order valence-electron chi connectivity index (χ4n) is 1.63. The molecule has 0 radical (unpaired) electrons. The summed E-state index contributed by atoms with van der Waals surface area (Å²) < 4.78 is 28.6. The van der Waals surface area contributed by atoms with Gasteiger partial charge >= 0.3 is 0 Å². The number of hydrogen-bond donors (Lipinski definition) is 3. The van der Waals surface area contributed by atoms with Crippen LogP contribution < -0.4 is 16.0 Å². The molecule has 0 atom stereocenters. The first-order chi connectivity index (χ1) is 9.58. The van der Waals surface area contributed by atoms with E-state index in [9.17, 15) is 8.42 Å². The van der Waals surface area contributed by atoms with Gasteiger partial charge in [0.2, 0.25) is 10.0 Å². The standard InChI is InChI=1S/C10H15N7O2S/c1-2-17-7-13-16-9(17)6-14-20(18,19)8-4-3-5-12-10(8)15-11/h3-5,7,14H,2,6,11H2,1H3,(H,12,15). The molecule has 0 aromatic carbocycles. The normalized spacial score (nSPS) is 11.5. The molecule has 9 nitrogen and oxygen atoms in total. The summed E-state index contributed by atoms with van der Waals surface area (Å²) in [7, 11) is -3.74. The highest BCUT2D eigenvalue weighted by molar-refractivity contribution is 7.89. The SMILES string of the molecule is CCn1cnnc1CNS(=O)(=O)c1cccnc1NN. The number of hydrazine groups is 1. The molecular formula is C10H15N7O2S. The van der Waals surface area contributed by atoms with Crippen molar-refractivity contribution in [3.05, 3.63) is 30.5 Å². The van der Waals surface area contributed by atoms with Crippen LogP contribution in [0.3, 0.4) is 0 Å². The molecule has 2 rings (SSSR count). The molecular weight excluding hydrogens is 282 g/mol. The molecule has 4 N–H and O–H groups in total. The highest BCUT2D eigenvalue weighted by atomic mass is 32.2. The Morgan fingerprint density at radius 2 is 2.25 bits per heavy atom. The Morgan fingerprint density at radius 1 is 1.45 bits per heavy atom. The number of rotatable bonds is 6. The molecule has 0 saturated carbocycles. The van der Waals surface area contributed by atoms with Crippen LogP contribution in [0, 0.1) is 0 Å². The molecule has 2 heterocycles. The molecule has 2 aromatic rings. The van der Waals surface area contributed by atoms with Crippen molar-refractivity contribution in [3.8, 4) is 0 Å². The van der Waals surface area contributed by atoms with E-state index in [0.717, 1.165) is 0 Å². The first kappa shape index (κ1) is 14.4. The van der Waals surface area contributed by atoms with Crippen LogP contribution in [0.1, 0.15) is 12.7 Å². The topological polar surface area (TPSA) is 128 Å². The van der Waals surface area contributed by atoms with Gasteiger partial charge in [-0.15, -0.1) is 10.2 Å². The monoisotopic (exact) mass is 297 g/mol. The zero-order valence-corrected chi connectivity index (χ0v) is 11.6. The second kappa shape index (κ2) is 5.94. The summed E-state index contributed by atoms with van der Waals surface area (Å²) >= 11 is 0. The van der Waals surface area contributed by atoms with Crippen LogP contribution in [0.15, 0.2) is 29.6 Å². The Bertz CT molecular complexity index is 682. The van der Waals surface area contributed by atoms with Gasteiger partial charge in [0.25, 0.3) is 0 Å². The van der Waals surface area contributed by atoms with Gasteiger partial charge in [0.15, 0.2) is 5.82 Å². The Labute approximate surface area is 116 Å². The van der Waals surface area contributed by atoms with Crippen molar-refractivity contribution in [2.45, 2.75) is 24.9 Å². The third-order valence-electron chi connectivity index (χ3n) is 2.65. The third kappa shape index (κ3) is 2.92. The Kier molecular flexibility index (Phi) is 4.27. The minimum absolute atomic E-state index is 0.0231. The molecule has 10 heteroatoms. The van der Waals surface area contributed by atoms with Crippen molar-refractivity contribution in [3.63, 3.8) is 0 Å². The lowest BCUT2D eigenvalue weighted by Gasteiger charge is -2.10. The number of anilines is 1. The van der Waals surface area contributed by atoms with Gasteiger partial charge in [-0.1, -0.05) is 0 Å². The summed E-state index contributed by atoms with van der Waals surface area (Å²) in [6.07, 6.45) is 2.99. The van der Waals surface area contributed by atoms with E-state index in [2.05, 4.69) is 25.3 Å². The number of aryl methyl sites for hydroxylation is 1. The fourth-order valence-corrected chi connectivity index (χ4v) is 2.73. The number of nitrogens with two attached hydrogens (primary N) is 1. The highest BCUT2D eigenvalue weighted by Crippen LogP contribution is 2.16. The number of nitrogens with zero attached hydrogens (tertiary/aromatic N) is 4. The van der Waals surface area contributed by atoms with Gasteiger partial charge < -0.3 is 9.99 Å². The lowest BCUT2D eigenvalue weighted by molar-refractivity contribution is 0.575. The van der Waals surface area contributed by atoms with Crippen molar-refractivity contribution in [2.24, 2.45) is 5.84 Å². The van der Waals surface area contributed by atoms with E-state index in [0.29, 0.717) is 12.4 Å². The Hall–Kier alpha value is -2.04. The van der Waals surface area contributed by atoms with Crippen LogP contribution in [-0.4, -0.2) is 28.2 Å². The van der Waals surface area contributed by atoms with Gasteiger partial charge in [-0.05, 0) is 19.1 Å². The summed E-state index contributed by atoms with van der Waals surface area (Å²) in [4.78, 5) is 3.83. The summed E-state index contributed by atoms with van der Waals surface area (Å²) in [6, 6.07) is 2.93. The Morgan fingerprint density at radius 3 is 2.95 bits per heavy atom. The maximum atomic E-state index is 12.2. The number of aromatic nitrogens is 4. The quantitative estimate of drug-likeness (QED) is 0.482. The van der Waals surface area contributed by atoms with Gasteiger partial charge in [0.1, 0.15) is 17.0 Å². The molecule has 0 aliphatic carbocycles. The lowest BCUT2D eigenvalue weighted by atomic mass is 10.5. The van der Waals surface area contributed by atoms with Crippen molar-refractivity contribution >= 4 is 15.8 Å². The number of hydrogen-bond acceptors (Lipinski definition) is 7. The molecule has 0 unspecified atom stereocenters. The predicted octanol–water partition coefficient (Wildman–Crippen LogP) is -0.543. The summed E-state index contributed by atoms with van der Waals surface area (Å²) in [5.41, 5.74) is 2.25. The van der Waals surface area contributed by atoms with E-state index in [1.807, 2.05) is 6.92 Å². The van der Waals surface area contributed by atoms with Gasteiger partial charge in [-0.25, -0.2) is 24.0 Å². The van der Waals surface area contributed by atoms with Crippen LogP contribution in [-0.2, 0) is 23.1 Å². The molecule has 20 heavy (non-hydrogen) atoms. The molecule has 108 valence electrons. The van der Waals surface area contributed by atoms with Crippen molar-refractivity contribution in [1.29, 1.82) is 0 Å². The van der Waals surface area contributed by atoms with Crippen LogP contribution in [0.25, 0.3) is 0 Å². The maximum Gasteiger partial charge on any atom is 0.244 e. The van der Waals surface area contributed by atoms with Gasteiger partial charge in [0, 0.05) is 12.7 Å². The average Bonchev–Trinajstić information content (AvgIpc) is 2.92. The summed E-state index contributed by atoms with van der Waals surface area (Å²) in [6.45, 7) is 2.61. The van der Waals surface area contributed by atoms with Crippen LogP contribution in [0.2, 0.25) is 0 Å². The van der Waals surface area contributed by atoms with E-state index >= 15 is 0 Å². The number of nitrogens with one attached hydrogen (secondary N) is 2. The van der Waals surface area contributed by atoms with Crippen molar-refractivity contribution < 1.29 is 8.42 Å². The zero-order valence-electron chi connectivity index (χ0n) is 10.8. The van der Waals surface area contributed by atoms with Crippen molar-refractivity contribution in [1.82, 2.24) is 24.5 Å². The molecule has 0 amide bonds. The van der Waals surface area contributed by atoms with E-state index in [4.69, 9.17) is 5.84 Å². The Balaban J connectivity index is 2.19. The fraction of sp³-hybridized carbons (Fsp3) is 0.300. The van der Waals surface area contributed by atoms with Crippen LogP contribution in [0.4, 0.5) is 5.82 Å². The number of pyridine rings is 1. The minimum atomic E-state index is -3.74. The van der Waals surface area contributed by atoms with Gasteiger partial charge in [-0.2, -0.15) is 0 Å². The maximum absolute atomic E-state index is 12.2. The summed E-state index contributed by atoms with van der Waals surface area (Å²) in [5.74, 6) is 5.86. The van der Waals surface area contributed by atoms with Crippen LogP contribution >= 0.6 is 0 Å². The van der Waals surface area contributed by atoms with Crippen molar-refractivity contribution in [2.75, 3.05) is 5.43 Å². The number of sulfonamides is 1. The second-order valence-corrected chi connectivity index (χ2v) is 5.59. The second-order valence-electron chi connectivity index (χ2n) is 3.85. The number of nitrogen functional groups attached to an aromatic ring is 1. The zero-order chi connectivity index (χ0) is 14.6. The van der Waals surface area contributed by atoms with Crippen LogP contribution in [0.5, 0.6) is 0 Å². The molecule has 2 aromatic heterocycles. The summed E-state index contributed by atoms with van der Waals surface area (Å²) in [5, 5.41) is 7.59. The molecule has 0 aliphatic rings. The highest BCUT2D eigenvalue weighted by Gasteiger charge is 2.19. The minimum Gasteiger partial charge on any atom is -0.317 e. The predicted molar refractivity (Wildman–Crippen MR) is 71.8 cm³/mol. The first-order valence-corrected chi connectivity index (χ1v) is 7.34. The molecule has 0 bridgehead atoms. The largest absolute Gasteiger partial charge is 0.317 e. The average molecular weight is 297 g/mol. The molecule has 0 aliphatic heterocycles. The molecule has 0 fully saturated rings. The van der Waals surface area contributed by atoms with E-state index in [1.165, 1.54) is 18.3 Å². The van der Waals surface area contributed by atoms with Gasteiger partial charge in [0.05, 0.1) is 6.54 Å². The lowest BCUT2D eigenvalue weighted by Crippen LogP contribution is -2.26. The smallest absolute Gasteiger partial charge is 0.244 e. The first-order valence-electron chi connectivity index (χ1n) is 5.86. The van der Waals surface area contributed by atoms with E-state index < -0.39 is 10.0 Å². The molecule has 0 saturated heterocycles. The van der Waals surface area contributed by atoms with E-state index in [1.54, 1.807) is 10.9 Å². The third-order valence-corrected chi connectivity index (χ3v) is 4.09. The molecule has 0 spiro atoms. The van der Waals surface area contributed by atoms with Gasteiger partial charge in [-0.3, -0.25) is 0 Å². The van der Waals surface area contributed by atoms with E-state index in [-0.39, 0.29) is 17.3 Å².